The molecule has 0 spiro atoms. The number of nitrogens with zero attached hydrogens (tertiary/aromatic N) is 3. The van der Waals surface area contributed by atoms with Gasteiger partial charge in [0.1, 0.15) is 12.8 Å². The van der Waals surface area contributed by atoms with Crippen molar-refractivity contribution < 1.29 is 24.2 Å². The number of halogens is 2. The van der Waals surface area contributed by atoms with E-state index in [0.717, 1.165) is 29.8 Å². The molecule has 0 bridgehead atoms. The van der Waals surface area contributed by atoms with E-state index in [9.17, 15) is 14.7 Å². The molecule has 4 rings (SSSR count). The summed E-state index contributed by atoms with van der Waals surface area (Å²) in [5.74, 6) is 0. The lowest BCUT2D eigenvalue weighted by molar-refractivity contribution is 0.0178. The zero-order valence-corrected chi connectivity index (χ0v) is 24.8. The minimum Gasteiger partial charge on any atom is -0.465 e. The number of carboxylic acid groups (broad SMARTS) is 1. The highest BCUT2D eigenvalue weighted by molar-refractivity contribution is 6.76. The summed E-state index contributed by atoms with van der Waals surface area (Å²) in [4.78, 5) is 26.4. The van der Waals surface area contributed by atoms with Crippen LogP contribution in [0.15, 0.2) is 42.6 Å². The van der Waals surface area contributed by atoms with Gasteiger partial charge < -0.3 is 19.5 Å². The minimum atomic E-state index is -1.17. The first-order valence-corrected chi connectivity index (χ1v) is 17.4. The van der Waals surface area contributed by atoms with Gasteiger partial charge in [0, 0.05) is 42.3 Å². The Labute approximate surface area is 239 Å². The zero-order valence-electron chi connectivity index (χ0n) is 22.3. The largest absolute Gasteiger partial charge is 0.465 e. The van der Waals surface area contributed by atoms with Crippen molar-refractivity contribution in [3.05, 3.63) is 58.2 Å². The molecule has 2 N–H and O–H groups in total. The molecule has 1 aromatic heterocycles. The predicted molar refractivity (Wildman–Crippen MR) is 156 cm³/mol. The maximum atomic E-state index is 13.1. The molecule has 0 saturated carbocycles. The molecule has 1 unspecified atom stereocenters. The second-order valence-electron chi connectivity index (χ2n) is 11.0. The molecule has 9 nitrogen and oxygen atoms in total. The number of carbonyl (C=O) groups is 2. The molecule has 1 aliphatic heterocycles. The van der Waals surface area contributed by atoms with Gasteiger partial charge >= 0.3 is 12.2 Å². The average molecular weight is 594 g/mol. The lowest BCUT2D eigenvalue weighted by atomic mass is 9.93. The smallest absolute Gasteiger partial charge is 0.412 e. The van der Waals surface area contributed by atoms with Gasteiger partial charge in [0.05, 0.1) is 17.8 Å². The van der Waals surface area contributed by atoms with Crippen LogP contribution in [0, 0.1) is 0 Å². The number of likely N-dealkylation sites (tertiary alicyclic amines) is 1. The summed E-state index contributed by atoms with van der Waals surface area (Å²) < 4.78 is 13.5. The quantitative estimate of drug-likeness (QED) is 0.197. The molecule has 39 heavy (non-hydrogen) atoms. The maximum Gasteiger partial charge on any atom is 0.412 e. The third-order valence-electron chi connectivity index (χ3n) is 6.69. The number of amides is 2. The number of anilines is 1. The highest BCUT2D eigenvalue weighted by atomic mass is 35.5. The lowest BCUT2D eigenvalue weighted by Gasteiger charge is -2.38. The number of fused-ring (bicyclic) bond motifs is 1. The van der Waals surface area contributed by atoms with Gasteiger partial charge in [-0.2, -0.15) is 5.10 Å². The molecule has 1 fully saturated rings. The van der Waals surface area contributed by atoms with Crippen LogP contribution in [-0.2, 0) is 16.2 Å². The Morgan fingerprint density at radius 2 is 1.90 bits per heavy atom. The van der Waals surface area contributed by atoms with Gasteiger partial charge in [-0.3, -0.25) is 5.32 Å². The molecule has 2 amide bonds. The highest BCUT2D eigenvalue weighted by Crippen LogP contribution is 2.35. The summed E-state index contributed by atoms with van der Waals surface area (Å²) >= 11 is 12.5. The normalized spacial score (nSPS) is 16.7. The molecule has 0 radical (unpaired) electrons. The predicted octanol–water partition coefficient (Wildman–Crippen LogP) is 7.48. The molecule has 2 atom stereocenters. The fourth-order valence-electron chi connectivity index (χ4n) is 4.68. The van der Waals surface area contributed by atoms with E-state index in [-0.39, 0.29) is 0 Å². The fourth-order valence-corrected chi connectivity index (χ4v) is 5.98. The van der Waals surface area contributed by atoms with Gasteiger partial charge in [0.25, 0.3) is 0 Å². The Morgan fingerprint density at radius 3 is 2.59 bits per heavy atom. The van der Waals surface area contributed by atoms with E-state index in [2.05, 4.69) is 30.1 Å². The second kappa shape index (κ2) is 12.6. The van der Waals surface area contributed by atoms with Crippen molar-refractivity contribution in [1.29, 1.82) is 0 Å². The Morgan fingerprint density at radius 1 is 1.15 bits per heavy atom. The molecule has 12 heteroatoms. The summed E-state index contributed by atoms with van der Waals surface area (Å²) in [6, 6.07) is 10.8. The molecule has 1 aliphatic rings. The van der Waals surface area contributed by atoms with E-state index in [0.29, 0.717) is 47.6 Å². The average Bonchev–Trinajstić information content (AvgIpc) is 3.26. The van der Waals surface area contributed by atoms with Crippen LogP contribution in [0.5, 0.6) is 0 Å². The van der Waals surface area contributed by atoms with Crippen LogP contribution in [0.1, 0.15) is 30.9 Å². The third kappa shape index (κ3) is 7.88. The van der Waals surface area contributed by atoms with E-state index < -0.39 is 32.4 Å². The van der Waals surface area contributed by atoms with Gasteiger partial charge in [-0.25, -0.2) is 14.3 Å². The SMILES string of the molecule is C[Si](C)(C)CCOCn1ncc2cc(NC(=O)OC(c3cc(Cl)cc(Cl)c3)[C@H]3CCCCN3C(=O)O)ccc21. The zero-order chi connectivity index (χ0) is 28.2. The number of nitrogens with one attached hydrogen (secondary N) is 1. The first kappa shape index (κ1) is 29.2. The Balaban J connectivity index is 1.48. The Kier molecular flexibility index (Phi) is 9.42. The van der Waals surface area contributed by atoms with E-state index in [1.165, 1.54) is 4.90 Å². The molecule has 1 saturated heterocycles. The Bertz CT molecular complexity index is 1310. The summed E-state index contributed by atoms with van der Waals surface area (Å²) in [6.45, 7) is 8.34. The number of benzene rings is 2. The van der Waals surface area contributed by atoms with Crippen LogP contribution < -0.4 is 5.32 Å². The van der Waals surface area contributed by atoms with Gasteiger partial charge in [-0.1, -0.05) is 42.8 Å². The van der Waals surface area contributed by atoms with Crippen molar-refractivity contribution in [3.8, 4) is 0 Å². The van der Waals surface area contributed by atoms with Crippen LogP contribution >= 0.6 is 23.2 Å². The van der Waals surface area contributed by atoms with Crippen LogP contribution in [0.3, 0.4) is 0 Å². The Hall–Kier alpha value is -2.79. The number of carbonyl (C=O) groups excluding carboxylic acids is 1. The topological polar surface area (TPSA) is 106 Å². The molecule has 2 aromatic carbocycles. The maximum absolute atomic E-state index is 13.1. The molecular weight excluding hydrogens is 559 g/mol. The van der Waals surface area contributed by atoms with Gasteiger partial charge in [-0.05, 0) is 67.3 Å². The lowest BCUT2D eigenvalue weighted by Crippen LogP contribution is -2.47. The van der Waals surface area contributed by atoms with E-state index in [4.69, 9.17) is 32.7 Å². The van der Waals surface area contributed by atoms with Gasteiger partial charge in [-0.15, -0.1) is 0 Å². The van der Waals surface area contributed by atoms with Crippen molar-refractivity contribution in [3.63, 3.8) is 0 Å². The monoisotopic (exact) mass is 592 g/mol. The van der Waals surface area contributed by atoms with Crippen LogP contribution in [0.2, 0.25) is 35.7 Å². The molecule has 0 aliphatic carbocycles. The standard InChI is InChI=1S/C27H34Cl2N4O5Si/c1-39(2,3)11-10-37-17-33-23-8-7-22(14-19(23)16-30-33)31-26(34)38-25(18-12-20(28)15-21(29)13-18)24-6-4-5-9-32(24)27(35)36/h7-8,12-16,24-25H,4-6,9-11,17H2,1-3H3,(H,31,34)(H,35,36)/t24-,25?/m1/s1. The number of piperidine rings is 1. The number of aromatic nitrogens is 2. The van der Waals surface area contributed by atoms with E-state index >= 15 is 0 Å². The molecular formula is C27H34Cl2N4O5Si. The van der Waals surface area contributed by atoms with Crippen molar-refractivity contribution in [2.75, 3.05) is 18.5 Å². The van der Waals surface area contributed by atoms with Crippen LogP contribution in [0.4, 0.5) is 15.3 Å². The first-order valence-electron chi connectivity index (χ1n) is 13.0. The fraction of sp³-hybridized carbons (Fsp3) is 0.444. The van der Waals surface area contributed by atoms with Crippen molar-refractivity contribution in [2.45, 2.75) is 63.8 Å². The second-order valence-corrected chi connectivity index (χ2v) is 17.5. The van der Waals surface area contributed by atoms with Gasteiger partial charge in [0.15, 0.2) is 0 Å². The molecule has 3 aromatic rings. The number of rotatable bonds is 9. The van der Waals surface area contributed by atoms with Crippen molar-refractivity contribution in [1.82, 2.24) is 14.7 Å². The minimum absolute atomic E-state index is 0.355. The van der Waals surface area contributed by atoms with E-state index in [1.807, 2.05) is 6.07 Å². The number of ether oxygens (including phenoxy) is 2. The summed E-state index contributed by atoms with van der Waals surface area (Å²) in [5, 5.41) is 18.6. The first-order chi connectivity index (χ1) is 18.5. The molecule has 210 valence electrons. The van der Waals surface area contributed by atoms with Crippen molar-refractivity contribution in [2.24, 2.45) is 0 Å². The molecule has 2 heterocycles. The highest BCUT2D eigenvalue weighted by Gasteiger charge is 2.36. The van der Waals surface area contributed by atoms with Crippen LogP contribution in [0.25, 0.3) is 10.9 Å². The number of hydrogen-bond acceptors (Lipinski definition) is 5. The summed E-state index contributed by atoms with van der Waals surface area (Å²) in [7, 11) is -1.17. The van der Waals surface area contributed by atoms with Crippen molar-refractivity contribution >= 4 is 60.1 Å². The van der Waals surface area contributed by atoms with Crippen LogP contribution in [-0.4, -0.2) is 59.2 Å². The number of hydrogen-bond donors (Lipinski definition) is 2. The summed E-state index contributed by atoms with van der Waals surface area (Å²) in [6.07, 6.45) is 1.15. The third-order valence-corrected chi connectivity index (χ3v) is 8.83. The summed E-state index contributed by atoms with van der Waals surface area (Å²) in [5.41, 5.74) is 1.94. The van der Waals surface area contributed by atoms with Gasteiger partial charge in [0.2, 0.25) is 0 Å². The van der Waals surface area contributed by atoms with E-state index in [1.54, 1.807) is 41.2 Å².